The largest absolute Gasteiger partial charge is 0.504 e. The Kier molecular flexibility index (Phi) is 3.58. The SMILES string of the molecule is COc1cc(/C=C2/SC(=S)N(C)C2=O)ccc1O. The molecule has 4 nitrogen and oxygen atoms in total. The van der Waals surface area contributed by atoms with Gasteiger partial charge in [-0.05, 0) is 23.8 Å². The summed E-state index contributed by atoms with van der Waals surface area (Å²) >= 11 is 6.30. The van der Waals surface area contributed by atoms with Gasteiger partial charge in [-0.2, -0.15) is 0 Å². The van der Waals surface area contributed by atoms with Gasteiger partial charge in [-0.15, -0.1) is 0 Å². The molecule has 1 aromatic rings. The number of carbonyl (C=O) groups is 1. The molecule has 1 aromatic carbocycles. The molecule has 1 N–H and O–H groups in total. The minimum atomic E-state index is -0.114. The van der Waals surface area contributed by atoms with Gasteiger partial charge in [0.05, 0.1) is 12.0 Å². The molecule has 0 spiro atoms. The van der Waals surface area contributed by atoms with E-state index in [-0.39, 0.29) is 11.7 Å². The highest BCUT2D eigenvalue weighted by molar-refractivity contribution is 8.26. The summed E-state index contributed by atoms with van der Waals surface area (Å²) in [6.45, 7) is 0. The van der Waals surface area contributed by atoms with Crippen molar-refractivity contribution in [3.05, 3.63) is 28.7 Å². The number of methoxy groups -OCH3 is 1. The zero-order valence-electron chi connectivity index (χ0n) is 9.84. The topological polar surface area (TPSA) is 49.8 Å². The summed E-state index contributed by atoms with van der Waals surface area (Å²) in [5.74, 6) is 0.324. The van der Waals surface area contributed by atoms with Crippen molar-refractivity contribution in [2.45, 2.75) is 0 Å². The van der Waals surface area contributed by atoms with Crippen molar-refractivity contribution in [2.75, 3.05) is 14.2 Å². The highest BCUT2D eigenvalue weighted by atomic mass is 32.2. The van der Waals surface area contributed by atoms with Crippen LogP contribution in [0.3, 0.4) is 0 Å². The normalized spacial score (nSPS) is 17.7. The summed E-state index contributed by atoms with van der Waals surface area (Å²) < 4.78 is 5.55. The summed E-state index contributed by atoms with van der Waals surface area (Å²) in [7, 11) is 3.13. The number of phenols is 1. The molecule has 0 aliphatic carbocycles. The first-order chi connectivity index (χ1) is 8.52. The Morgan fingerprint density at radius 3 is 2.78 bits per heavy atom. The number of ether oxygens (including phenoxy) is 1. The lowest BCUT2D eigenvalue weighted by atomic mass is 10.2. The van der Waals surface area contributed by atoms with Crippen LogP contribution in [0.1, 0.15) is 5.56 Å². The number of benzene rings is 1. The average molecular weight is 281 g/mol. The van der Waals surface area contributed by atoms with Gasteiger partial charge in [-0.25, -0.2) is 0 Å². The van der Waals surface area contributed by atoms with Gasteiger partial charge >= 0.3 is 0 Å². The number of nitrogens with zero attached hydrogens (tertiary/aromatic N) is 1. The maximum absolute atomic E-state index is 11.8. The summed E-state index contributed by atoms with van der Waals surface area (Å²) in [5, 5.41) is 9.49. The van der Waals surface area contributed by atoms with E-state index in [0.29, 0.717) is 15.0 Å². The summed E-state index contributed by atoms with van der Waals surface area (Å²) in [4.78, 5) is 13.8. The monoisotopic (exact) mass is 281 g/mol. The van der Waals surface area contributed by atoms with Crippen LogP contribution >= 0.6 is 24.0 Å². The van der Waals surface area contributed by atoms with Crippen molar-refractivity contribution in [2.24, 2.45) is 0 Å². The number of thiocarbonyl (C=S) groups is 1. The van der Waals surface area contributed by atoms with E-state index >= 15 is 0 Å². The van der Waals surface area contributed by atoms with Crippen LogP contribution in [0.4, 0.5) is 0 Å². The van der Waals surface area contributed by atoms with Gasteiger partial charge in [0.1, 0.15) is 4.32 Å². The molecule has 94 valence electrons. The first kappa shape index (κ1) is 12.9. The molecular weight excluding hydrogens is 270 g/mol. The third-order valence-electron chi connectivity index (χ3n) is 2.49. The van der Waals surface area contributed by atoms with E-state index in [1.807, 2.05) is 0 Å². The zero-order chi connectivity index (χ0) is 13.3. The van der Waals surface area contributed by atoms with Gasteiger partial charge in [0.2, 0.25) is 0 Å². The molecule has 1 amide bonds. The van der Waals surface area contributed by atoms with Crippen LogP contribution in [0, 0.1) is 0 Å². The second-order valence-electron chi connectivity index (χ2n) is 3.67. The maximum atomic E-state index is 11.8. The fourth-order valence-electron chi connectivity index (χ4n) is 1.48. The fourth-order valence-corrected chi connectivity index (χ4v) is 2.66. The molecule has 0 radical (unpaired) electrons. The van der Waals surface area contributed by atoms with E-state index in [2.05, 4.69) is 0 Å². The van der Waals surface area contributed by atoms with Crippen molar-refractivity contribution in [1.29, 1.82) is 0 Å². The summed E-state index contributed by atoms with van der Waals surface area (Å²) in [5.41, 5.74) is 0.776. The van der Waals surface area contributed by atoms with Crippen molar-refractivity contribution in [1.82, 2.24) is 4.90 Å². The molecule has 2 rings (SSSR count). The lowest BCUT2D eigenvalue weighted by Gasteiger charge is -2.05. The van der Waals surface area contributed by atoms with Crippen LogP contribution in [-0.4, -0.2) is 34.4 Å². The maximum Gasteiger partial charge on any atom is 0.265 e. The van der Waals surface area contributed by atoms with E-state index < -0.39 is 0 Å². The van der Waals surface area contributed by atoms with Gasteiger partial charge in [-0.3, -0.25) is 9.69 Å². The van der Waals surface area contributed by atoms with Crippen LogP contribution < -0.4 is 4.74 Å². The molecule has 1 aliphatic heterocycles. The van der Waals surface area contributed by atoms with E-state index in [9.17, 15) is 9.90 Å². The number of hydrogen-bond donors (Lipinski definition) is 1. The van der Waals surface area contributed by atoms with Gasteiger partial charge in [0.15, 0.2) is 11.5 Å². The second kappa shape index (κ2) is 4.99. The summed E-state index contributed by atoms with van der Waals surface area (Å²) in [6.07, 6.45) is 1.73. The van der Waals surface area contributed by atoms with Crippen molar-refractivity contribution >= 4 is 40.3 Å². The molecule has 0 atom stereocenters. The van der Waals surface area contributed by atoms with E-state index in [1.165, 1.54) is 29.8 Å². The fraction of sp³-hybridized carbons (Fsp3) is 0.167. The predicted molar refractivity (Wildman–Crippen MR) is 75.6 cm³/mol. The molecule has 1 aliphatic rings. The molecule has 1 saturated heterocycles. The Labute approximate surface area is 114 Å². The molecule has 0 unspecified atom stereocenters. The van der Waals surface area contributed by atoms with Crippen LogP contribution in [0.5, 0.6) is 11.5 Å². The van der Waals surface area contributed by atoms with E-state index in [1.54, 1.807) is 25.3 Å². The Hall–Kier alpha value is -1.53. The Morgan fingerprint density at radius 2 is 2.22 bits per heavy atom. The third kappa shape index (κ3) is 2.34. The van der Waals surface area contributed by atoms with Crippen LogP contribution in [-0.2, 0) is 4.79 Å². The minimum Gasteiger partial charge on any atom is -0.504 e. The van der Waals surface area contributed by atoms with Crippen LogP contribution in [0.15, 0.2) is 23.1 Å². The number of amides is 1. The highest BCUT2D eigenvalue weighted by Gasteiger charge is 2.28. The Balaban J connectivity index is 2.34. The number of rotatable bonds is 2. The molecule has 1 heterocycles. The lowest BCUT2D eigenvalue weighted by molar-refractivity contribution is -0.121. The molecule has 0 aromatic heterocycles. The van der Waals surface area contributed by atoms with E-state index in [0.717, 1.165) is 5.56 Å². The number of carbonyl (C=O) groups excluding carboxylic acids is 1. The number of phenolic OH excluding ortho intramolecular Hbond substituents is 1. The van der Waals surface area contributed by atoms with Gasteiger partial charge in [-0.1, -0.05) is 30.0 Å². The minimum absolute atomic E-state index is 0.0673. The molecule has 1 fully saturated rings. The first-order valence-corrected chi connectivity index (χ1v) is 6.34. The Morgan fingerprint density at radius 1 is 1.50 bits per heavy atom. The van der Waals surface area contributed by atoms with Gasteiger partial charge < -0.3 is 9.84 Å². The van der Waals surface area contributed by atoms with Crippen molar-refractivity contribution < 1.29 is 14.6 Å². The van der Waals surface area contributed by atoms with Crippen molar-refractivity contribution in [3.8, 4) is 11.5 Å². The van der Waals surface area contributed by atoms with Gasteiger partial charge in [0.25, 0.3) is 5.91 Å². The number of hydrogen-bond acceptors (Lipinski definition) is 5. The standard InChI is InChI=1S/C12H11NO3S2/c1-13-11(15)10(18-12(13)17)6-7-3-4-8(14)9(5-7)16-2/h3-6,14H,1-2H3/b10-6+. The zero-order valence-corrected chi connectivity index (χ0v) is 11.5. The molecule has 0 saturated carbocycles. The van der Waals surface area contributed by atoms with Crippen LogP contribution in [0.25, 0.3) is 6.08 Å². The lowest BCUT2D eigenvalue weighted by Crippen LogP contribution is -2.22. The van der Waals surface area contributed by atoms with Crippen LogP contribution in [0.2, 0.25) is 0 Å². The highest BCUT2D eigenvalue weighted by Crippen LogP contribution is 2.33. The molecule has 18 heavy (non-hydrogen) atoms. The molecule has 6 heteroatoms. The first-order valence-electron chi connectivity index (χ1n) is 5.11. The second-order valence-corrected chi connectivity index (χ2v) is 5.35. The molecule has 0 bridgehead atoms. The predicted octanol–water partition coefficient (Wildman–Crippen LogP) is 2.23. The number of thioether (sulfide) groups is 1. The smallest absolute Gasteiger partial charge is 0.265 e. The number of aromatic hydroxyl groups is 1. The number of likely N-dealkylation sites (N-methyl/N-ethyl adjacent to an activating group) is 1. The van der Waals surface area contributed by atoms with E-state index in [4.69, 9.17) is 17.0 Å². The Bertz CT molecular complexity index is 554. The summed E-state index contributed by atoms with van der Waals surface area (Å²) in [6, 6.07) is 4.90. The van der Waals surface area contributed by atoms with Crippen molar-refractivity contribution in [3.63, 3.8) is 0 Å². The van der Waals surface area contributed by atoms with Gasteiger partial charge in [0, 0.05) is 7.05 Å². The molecular formula is C12H11NO3S2. The average Bonchev–Trinajstić information content (AvgIpc) is 2.59. The third-order valence-corrected chi connectivity index (χ3v) is 3.97. The quantitative estimate of drug-likeness (QED) is 0.665.